The molecule has 0 N–H and O–H groups in total. The van der Waals surface area contributed by atoms with Crippen LogP contribution < -0.4 is 0 Å². The first kappa shape index (κ1) is 17.7. The average Bonchev–Trinajstić information content (AvgIpc) is 3.52. The van der Waals surface area contributed by atoms with Crippen LogP contribution in [0.25, 0.3) is 0 Å². The highest BCUT2D eigenvalue weighted by molar-refractivity contribution is 5.91. The lowest BCUT2D eigenvalue weighted by molar-refractivity contribution is -0.140. The third kappa shape index (κ3) is 3.59. The summed E-state index contributed by atoms with van der Waals surface area (Å²) in [6, 6.07) is 16.0. The molecule has 5 heteroatoms. The third-order valence-corrected chi connectivity index (χ3v) is 5.67. The standard InChI is InChI=1S/C22H23FN2O2/c23-19-8-6-17(7-9-19)16-20(26)24-12-14-25(15-13-24)21(27)22(10-11-22)18-4-2-1-3-5-18/h1-9H,10-16H2. The van der Waals surface area contributed by atoms with Crippen LogP contribution in [-0.4, -0.2) is 47.8 Å². The Hall–Kier alpha value is -2.69. The predicted octanol–water partition coefficient (Wildman–Crippen LogP) is 2.77. The van der Waals surface area contributed by atoms with Gasteiger partial charge in [0.05, 0.1) is 11.8 Å². The fourth-order valence-corrected chi connectivity index (χ4v) is 3.86. The number of halogens is 1. The number of carbonyl (C=O) groups is 2. The second-order valence-electron chi connectivity index (χ2n) is 7.42. The first-order chi connectivity index (χ1) is 13.1. The van der Waals surface area contributed by atoms with Crippen molar-refractivity contribution in [2.45, 2.75) is 24.7 Å². The Labute approximate surface area is 158 Å². The summed E-state index contributed by atoms with van der Waals surface area (Å²) in [5.74, 6) is -0.0806. The first-order valence-corrected chi connectivity index (χ1v) is 9.46. The van der Waals surface area contributed by atoms with Crippen LogP contribution in [0.5, 0.6) is 0 Å². The van der Waals surface area contributed by atoms with Gasteiger partial charge in [-0.05, 0) is 36.1 Å². The molecule has 2 aromatic rings. The Kier molecular flexibility index (Phi) is 4.68. The Bertz CT molecular complexity index is 823. The van der Waals surface area contributed by atoms with E-state index in [9.17, 15) is 14.0 Å². The van der Waals surface area contributed by atoms with Gasteiger partial charge in [0.15, 0.2) is 0 Å². The van der Waals surface area contributed by atoms with Crippen molar-refractivity contribution < 1.29 is 14.0 Å². The molecule has 0 bridgehead atoms. The lowest BCUT2D eigenvalue weighted by atomic mass is 9.94. The van der Waals surface area contributed by atoms with Crippen LogP contribution in [0.1, 0.15) is 24.0 Å². The summed E-state index contributed by atoms with van der Waals surface area (Å²) in [7, 11) is 0. The normalized spacial score (nSPS) is 18.3. The maximum absolute atomic E-state index is 13.1. The molecule has 0 atom stereocenters. The van der Waals surface area contributed by atoms with Gasteiger partial charge in [-0.3, -0.25) is 9.59 Å². The molecule has 140 valence electrons. The van der Waals surface area contributed by atoms with Crippen LogP contribution in [-0.2, 0) is 21.4 Å². The zero-order chi connectivity index (χ0) is 18.9. The number of carbonyl (C=O) groups excluding carboxylic acids is 2. The number of benzene rings is 2. The van der Waals surface area contributed by atoms with E-state index < -0.39 is 0 Å². The first-order valence-electron chi connectivity index (χ1n) is 9.46. The van der Waals surface area contributed by atoms with Crippen molar-refractivity contribution in [1.29, 1.82) is 0 Å². The van der Waals surface area contributed by atoms with E-state index >= 15 is 0 Å². The maximum atomic E-state index is 13.1. The van der Waals surface area contributed by atoms with E-state index in [4.69, 9.17) is 0 Å². The molecule has 1 heterocycles. The zero-order valence-corrected chi connectivity index (χ0v) is 15.2. The van der Waals surface area contributed by atoms with E-state index in [1.807, 2.05) is 35.2 Å². The maximum Gasteiger partial charge on any atom is 0.233 e. The Morgan fingerprint density at radius 1 is 0.852 bits per heavy atom. The highest BCUT2D eigenvalue weighted by Crippen LogP contribution is 2.49. The molecule has 1 saturated heterocycles. The van der Waals surface area contributed by atoms with Crippen molar-refractivity contribution in [3.8, 4) is 0 Å². The summed E-state index contributed by atoms with van der Waals surface area (Å²) in [6.07, 6.45) is 2.07. The summed E-state index contributed by atoms with van der Waals surface area (Å²) in [4.78, 5) is 29.3. The molecule has 2 amide bonds. The quantitative estimate of drug-likeness (QED) is 0.835. The van der Waals surface area contributed by atoms with Gasteiger partial charge in [-0.15, -0.1) is 0 Å². The van der Waals surface area contributed by atoms with Gasteiger partial charge in [-0.25, -0.2) is 4.39 Å². The van der Waals surface area contributed by atoms with E-state index in [0.29, 0.717) is 26.2 Å². The Balaban J connectivity index is 1.34. The molecule has 27 heavy (non-hydrogen) atoms. The molecule has 1 saturated carbocycles. The lowest BCUT2D eigenvalue weighted by Gasteiger charge is -2.36. The summed E-state index contributed by atoms with van der Waals surface area (Å²) >= 11 is 0. The monoisotopic (exact) mass is 366 g/mol. The highest BCUT2D eigenvalue weighted by atomic mass is 19.1. The molecule has 2 aliphatic rings. The van der Waals surface area contributed by atoms with Crippen LogP contribution in [0.4, 0.5) is 4.39 Å². The minimum Gasteiger partial charge on any atom is -0.339 e. The van der Waals surface area contributed by atoms with Gasteiger partial charge in [0.1, 0.15) is 5.82 Å². The van der Waals surface area contributed by atoms with Gasteiger partial charge in [-0.1, -0.05) is 42.5 Å². The highest BCUT2D eigenvalue weighted by Gasteiger charge is 2.53. The minimum absolute atomic E-state index is 0.0258. The molecule has 4 rings (SSSR count). The molecular formula is C22H23FN2O2. The number of piperazine rings is 1. The van der Waals surface area contributed by atoms with E-state index in [-0.39, 0.29) is 29.5 Å². The van der Waals surface area contributed by atoms with Crippen molar-refractivity contribution in [1.82, 2.24) is 9.80 Å². The van der Waals surface area contributed by atoms with Gasteiger partial charge in [-0.2, -0.15) is 0 Å². The smallest absolute Gasteiger partial charge is 0.233 e. The van der Waals surface area contributed by atoms with Crippen LogP contribution >= 0.6 is 0 Å². The fourth-order valence-electron chi connectivity index (χ4n) is 3.86. The van der Waals surface area contributed by atoms with Crippen LogP contribution in [0.3, 0.4) is 0 Å². The van der Waals surface area contributed by atoms with Crippen LogP contribution in [0.15, 0.2) is 54.6 Å². The average molecular weight is 366 g/mol. The number of hydrogen-bond acceptors (Lipinski definition) is 2. The SMILES string of the molecule is O=C(Cc1ccc(F)cc1)N1CCN(C(=O)C2(c3ccccc3)CC2)CC1. The molecule has 0 aromatic heterocycles. The third-order valence-electron chi connectivity index (χ3n) is 5.67. The molecule has 0 spiro atoms. The van der Waals surface area contributed by atoms with Gasteiger partial charge >= 0.3 is 0 Å². The van der Waals surface area contributed by atoms with Gasteiger partial charge in [0, 0.05) is 26.2 Å². The van der Waals surface area contributed by atoms with Gasteiger partial charge in [0.2, 0.25) is 11.8 Å². The van der Waals surface area contributed by atoms with E-state index in [1.165, 1.54) is 12.1 Å². The van der Waals surface area contributed by atoms with Crippen LogP contribution in [0.2, 0.25) is 0 Å². The Morgan fingerprint density at radius 3 is 2.04 bits per heavy atom. The van der Waals surface area contributed by atoms with Crippen molar-refractivity contribution in [3.63, 3.8) is 0 Å². The molecule has 4 nitrogen and oxygen atoms in total. The van der Waals surface area contributed by atoms with Crippen LogP contribution in [0, 0.1) is 5.82 Å². The summed E-state index contributed by atoms with van der Waals surface area (Å²) in [5.41, 5.74) is 1.56. The Morgan fingerprint density at radius 2 is 1.44 bits per heavy atom. The molecule has 2 aromatic carbocycles. The molecule has 0 radical (unpaired) electrons. The van der Waals surface area contributed by atoms with E-state index in [2.05, 4.69) is 0 Å². The molecule has 1 aliphatic heterocycles. The molecule has 2 fully saturated rings. The second kappa shape index (κ2) is 7.14. The minimum atomic E-state index is -0.346. The van der Waals surface area contributed by atoms with Crippen molar-refractivity contribution in [2.24, 2.45) is 0 Å². The van der Waals surface area contributed by atoms with Crippen molar-refractivity contribution >= 4 is 11.8 Å². The zero-order valence-electron chi connectivity index (χ0n) is 15.2. The largest absolute Gasteiger partial charge is 0.339 e. The number of nitrogens with zero attached hydrogens (tertiary/aromatic N) is 2. The van der Waals surface area contributed by atoms with E-state index in [0.717, 1.165) is 24.0 Å². The number of rotatable bonds is 4. The predicted molar refractivity (Wildman–Crippen MR) is 101 cm³/mol. The molecule has 0 unspecified atom stereocenters. The van der Waals surface area contributed by atoms with Gasteiger partial charge in [0.25, 0.3) is 0 Å². The van der Waals surface area contributed by atoms with E-state index in [1.54, 1.807) is 17.0 Å². The fraction of sp³-hybridized carbons (Fsp3) is 0.364. The topological polar surface area (TPSA) is 40.6 Å². The summed E-state index contributed by atoms with van der Waals surface area (Å²) < 4.78 is 13.0. The number of hydrogen-bond donors (Lipinski definition) is 0. The van der Waals surface area contributed by atoms with Gasteiger partial charge < -0.3 is 9.80 Å². The van der Waals surface area contributed by atoms with Crippen molar-refractivity contribution in [2.75, 3.05) is 26.2 Å². The summed E-state index contributed by atoms with van der Waals surface area (Å²) in [5, 5.41) is 0. The second-order valence-corrected chi connectivity index (χ2v) is 7.42. The molecular weight excluding hydrogens is 343 g/mol. The summed E-state index contributed by atoms with van der Waals surface area (Å²) in [6.45, 7) is 2.25. The number of amides is 2. The molecule has 1 aliphatic carbocycles. The lowest BCUT2D eigenvalue weighted by Crippen LogP contribution is -2.53. The van der Waals surface area contributed by atoms with Crippen molar-refractivity contribution in [3.05, 3.63) is 71.5 Å².